The Labute approximate surface area is 165 Å². The number of carbonyl (C=O) groups excluding carboxylic acids is 2. The normalized spacial score (nSPS) is 11.2. The Morgan fingerprint density at radius 1 is 1.24 bits per heavy atom. The fraction of sp³-hybridized carbons (Fsp3) is 0.250. The van der Waals surface area contributed by atoms with Crippen LogP contribution < -0.4 is 10.1 Å². The third-order valence-corrected chi connectivity index (χ3v) is 5.34. The highest BCUT2D eigenvalue weighted by molar-refractivity contribution is 7.89. The minimum Gasteiger partial charge on any atom is -0.495 e. The molecule has 0 aliphatic rings. The van der Waals surface area contributed by atoms with E-state index < -0.39 is 45.1 Å². The summed E-state index contributed by atoms with van der Waals surface area (Å²) in [5.74, 6) is -2.78. The zero-order chi connectivity index (χ0) is 21.8. The smallest absolute Gasteiger partial charge is 0.433 e. The van der Waals surface area contributed by atoms with E-state index in [1.165, 1.54) is 39.4 Å². The van der Waals surface area contributed by atoms with Gasteiger partial charge in [-0.2, -0.15) is 0 Å². The highest BCUT2D eigenvalue weighted by atomic mass is 32.2. The van der Waals surface area contributed by atoms with Gasteiger partial charge in [-0.15, -0.1) is 0 Å². The van der Waals surface area contributed by atoms with Gasteiger partial charge >= 0.3 is 11.9 Å². The third-order valence-electron chi connectivity index (χ3n) is 3.53. The molecule has 0 bridgehead atoms. The SMILES string of the molecule is COc1ccc(S(=O)(=O)N(C)C)cc1NC(=O)COC(=O)c1ccc([N+](=O)[O-])o1. The number of hydrogen-bond donors (Lipinski definition) is 1. The lowest BCUT2D eigenvalue weighted by atomic mass is 10.3. The molecule has 12 nitrogen and oxygen atoms in total. The molecule has 1 N–H and O–H groups in total. The molecule has 1 aromatic heterocycles. The van der Waals surface area contributed by atoms with Crippen LogP contribution in [0.3, 0.4) is 0 Å². The van der Waals surface area contributed by atoms with Gasteiger partial charge in [0.25, 0.3) is 5.91 Å². The Balaban J connectivity index is 2.09. The van der Waals surface area contributed by atoms with Crippen LogP contribution in [-0.2, 0) is 19.6 Å². The number of methoxy groups -OCH3 is 1. The summed E-state index contributed by atoms with van der Waals surface area (Å²) in [5.41, 5.74) is 0.0464. The number of furan rings is 1. The summed E-state index contributed by atoms with van der Waals surface area (Å²) in [5, 5.41) is 12.9. The predicted molar refractivity (Wildman–Crippen MR) is 98.1 cm³/mol. The molecule has 0 unspecified atom stereocenters. The van der Waals surface area contributed by atoms with Crippen LogP contribution in [0, 0.1) is 10.1 Å². The summed E-state index contributed by atoms with van der Waals surface area (Å²) in [6, 6.07) is 5.88. The number of benzene rings is 1. The minimum absolute atomic E-state index is 0.0464. The van der Waals surface area contributed by atoms with Gasteiger partial charge in [0.2, 0.25) is 15.8 Å². The van der Waals surface area contributed by atoms with Crippen LogP contribution in [0.5, 0.6) is 5.75 Å². The number of anilines is 1. The Morgan fingerprint density at radius 3 is 2.48 bits per heavy atom. The number of rotatable bonds is 8. The largest absolute Gasteiger partial charge is 0.495 e. The number of esters is 1. The van der Waals surface area contributed by atoms with Crippen LogP contribution in [0.1, 0.15) is 10.6 Å². The van der Waals surface area contributed by atoms with Gasteiger partial charge in [-0.25, -0.2) is 17.5 Å². The summed E-state index contributed by atoms with van der Waals surface area (Å²) in [4.78, 5) is 33.5. The topological polar surface area (TPSA) is 158 Å². The predicted octanol–water partition coefficient (Wildman–Crippen LogP) is 1.24. The van der Waals surface area contributed by atoms with Crippen molar-refractivity contribution in [2.24, 2.45) is 0 Å². The zero-order valence-electron chi connectivity index (χ0n) is 15.6. The molecule has 156 valence electrons. The average Bonchev–Trinajstić information content (AvgIpc) is 3.16. The lowest BCUT2D eigenvalue weighted by Crippen LogP contribution is -2.23. The molecule has 0 spiro atoms. The van der Waals surface area contributed by atoms with E-state index in [-0.39, 0.29) is 16.3 Å². The Bertz CT molecular complexity index is 1040. The van der Waals surface area contributed by atoms with Crippen LogP contribution >= 0.6 is 0 Å². The van der Waals surface area contributed by atoms with Gasteiger partial charge in [0, 0.05) is 14.1 Å². The van der Waals surface area contributed by atoms with E-state index >= 15 is 0 Å². The minimum atomic E-state index is -3.75. The van der Waals surface area contributed by atoms with Crippen LogP contribution in [0.2, 0.25) is 0 Å². The van der Waals surface area contributed by atoms with Gasteiger partial charge in [0.15, 0.2) is 6.61 Å². The Hall–Kier alpha value is -3.45. The molecule has 1 amide bonds. The number of nitrogens with zero attached hydrogens (tertiary/aromatic N) is 2. The number of nitro groups is 1. The van der Waals surface area contributed by atoms with Crippen LogP contribution in [0.25, 0.3) is 0 Å². The molecule has 29 heavy (non-hydrogen) atoms. The van der Waals surface area contributed by atoms with Crippen molar-refractivity contribution in [3.8, 4) is 5.75 Å². The van der Waals surface area contributed by atoms with Crippen LogP contribution in [-0.4, -0.2) is 57.3 Å². The molecule has 2 rings (SSSR count). The van der Waals surface area contributed by atoms with Gasteiger partial charge in [-0.1, -0.05) is 0 Å². The van der Waals surface area contributed by atoms with E-state index in [1.54, 1.807) is 0 Å². The van der Waals surface area contributed by atoms with E-state index in [9.17, 15) is 28.1 Å². The van der Waals surface area contributed by atoms with Gasteiger partial charge in [0.1, 0.15) is 10.7 Å². The van der Waals surface area contributed by atoms with E-state index in [0.717, 1.165) is 16.4 Å². The second kappa shape index (κ2) is 8.70. The highest BCUT2D eigenvalue weighted by Gasteiger charge is 2.21. The van der Waals surface area contributed by atoms with Gasteiger partial charge < -0.3 is 19.2 Å². The molecular formula is C16H17N3O9S. The lowest BCUT2D eigenvalue weighted by molar-refractivity contribution is -0.402. The molecule has 13 heteroatoms. The monoisotopic (exact) mass is 427 g/mol. The lowest BCUT2D eigenvalue weighted by Gasteiger charge is -2.15. The van der Waals surface area contributed by atoms with E-state index in [0.29, 0.717) is 0 Å². The number of carbonyl (C=O) groups is 2. The van der Waals surface area contributed by atoms with Gasteiger partial charge in [0.05, 0.1) is 23.8 Å². The molecule has 1 heterocycles. The molecule has 0 radical (unpaired) electrons. The molecule has 0 saturated heterocycles. The van der Waals surface area contributed by atoms with Crippen molar-refractivity contribution >= 4 is 33.5 Å². The quantitative estimate of drug-likeness (QED) is 0.371. The van der Waals surface area contributed by atoms with Crippen molar-refractivity contribution < 1.29 is 36.8 Å². The number of sulfonamides is 1. The van der Waals surface area contributed by atoms with Crippen molar-refractivity contribution in [2.45, 2.75) is 4.90 Å². The van der Waals surface area contributed by atoms with E-state index in [4.69, 9.17) is 9.47 Å². The summed E-state index contributed by atoms with van der Waals surface area (Å²) in [6.45, 7) is -0.749. The summed E-state index contributed by atoms with van der Waals surface area (Å²) in [6.07, 6.45) is 0. The Kier molecular flexibility index (Phi) is 6.56. The molecule has 0 atom stereocenters. The first-order chi connectivity index (χ1) is 13.6. The summed E-state index contributed by atoms with van der Waals surface area (Å²) in [7, 11) is 0.290. The van der Waals surface area contributed by atoms with Crippen molar-refractivity contribution in [3.63, 3.8) is 0 Å². The second-order valence-corrected chi connectivity index (χ2v) is 7.82. The Morgan fingerprint density at radius 2 is 1.93 bits per heavy atom. The second-order valence-electron chi connectivity index (χ2n) is 5.67. The number of hydrogen-bond acceptors (Lipinski definition) is 9. The summed E-state index contributed by atoms with van der Waals surface area (Å²) < 4.78 is 40.0. The molecule has 0 saturated carbocycles. The molecule has 0 aliphatic carbocycles. The maximum absolute atomic E-state index is 12.2. The van der Waals surface area contributed by atoms with Crippen molar-refractivity contribution in [1.82, 2.24) is 4.31 Å². The molecule has 0 aliphatic heterocycles. The van der Waals surface area contributed by atoms with Gasteiger partial charge in [-0.3, -0.25) is 14.9 Å². The van der Waals surface area contributed by atoms with Gasteiger partial charge in [-0.05, 0) is 24.3 Å². The van der Waals surface area contributed by atoms with E-state index in [2.05, 4.69) is 9.73 Å². The first kappa shape index (κ1) is 21.8. The number of amides is 1. The maximum atomic E-state index is 12.2. The zero-order valence-corrected chi connectivity index (χ0v) is 16.4. The first-order valence-electron chi connectivity index (χ1n) is 7.88. The molecular weight excluding hydrogens is 410 g/mol. The first-order valence-corrected chi connectivity index (χ1v) is 9.32. The molecule has 1 aromatic carbocycles. The fourth-order valence-corrected chi connectivity index (χ4v) is 3.01. The number of ether oxygens (including phenoxy) is 2. The number of nitrogens with one attached hydrogen (secondary N) is 1. The van der Waals surface area contributed by atoms with Crippen LogP contribution in [0.4, 0.5) is 11.6 Å². The molecule has 2 aromatic rings. The van der Waals surface area contributed by atoms with Crippen molar-refractivity contribution in [2.75, 3.05) is 33.1 Å². The molecule has 0 fully saturated rings. The van der Waals surface area contributed by atoms with E-state index in [1.807, 2.05) is 0 Å². The summed E-state index contributed by atoms with van der Waals surface area (Å²) >= 11 is 0. The maximum Gasteiger partial charge on any atom is 0.433 e. The third kappa shape index (κ3) is 5.08. The standard InChI is InChI=1S/C16H17N3O9S/c1-18(2)29(24,25)10-4-5-12(26-3)11(8-10)17-14(20)9-27-16(21)13-6-7-15(28-13)19(22)23/h4-8H,9H2,1-3H3,(H,17,20). The van der Waals surface area contributed by atoms with Crippen molar-refractivity contribution in [1.29, 1.82) is 0 Å². The van der Waals surface area contributed by atoms with Crippen molar-refractivity contribution in [3.05, 3.63) is 46.2 Å². The average molecular weight is 427 g/mol. The highest BCUT2D eigenvalue weighted by Crippen LogP contribution is 2.28. The van der Waals surface area contributed by atoms with Crippen LogP contribution in [0.15, 0.2) is 39.6 Å². The fourth-order valence-electron chi connectivity index (χ4n) is 2.08.